The molecule has 0 aromatic heterocycles. The number of benzene rings is 2. The fraction of sp³-hybridized carbons (Fsp3) is 0.300. The number of amides is 1. The summed E-state index contributed by atoms with van der Waals surface area (Å²) in [7, 11) is 0. The zero-order chi connectivity index (χ0) is 19.4. The third-order valence-electron chi connectivity index (χ3n) is 4.52. The third-order valence-corrected chi connectivity index (χ3v) is 4.83. The Balaban J connectivity index is 1.55. The van der Waals surface area contributed by atoms with E-state index in [1.807, 2.05) is 4.90 Å². The summed E-state index contributed by atoms with van der Waals surface area (Å²) in [5.41, 5.74) is 0.793. The maximum absolute atomic E-state index is 14.3. The van der Waals surface area contributed by atoms with Gasteiger partial charge in [-0.2, -0.15) is 0 Å². The number of Topliss-reactive ketones (excluding diaryl/α,β-unsaturated/α-hetero) is 1. The van der Waals surface area contributed by atoms with Gasteiger partial charge in [0.25, 0.3) is 5.91 Å². The molecule has 0 bridgehead atoms. The van der Waals surface area contributed by atoms with Crippen molar-refractivity contribution in [3.8, 4) is 5.75 Å². The number of rotatable bonds is 5. The first-order valence-corrected chi connectivity index (χ1v) is 9.04. The largest absolute Gasteiger partial charge is 0.482 e. The lowest BCUT2D eigenvalue weighted by molar-refractivity contribution is -0.133. The van der Waals surface area contributed by atoms with Gasteiger partial charge in [0.1, 0.15) is 11.6 Å². The Bertz CT molecular complexity index is 851. The first-order chi connectivity index (χ1) is 13.0. The number of carbonyl (C=O) groups is 2. The van der Waals surface area contributed by atoms with Crippen LogP contribution in [0.4, 0.5) is 10.1 Å². The molecule has 0 aliphatic carbocycles. The summed E-state index contributed by atoms with van der Waals surface area (Å²) in [6.45, 7) is 3.27. The molecular weight excluding hydrogens is 371 g/mol. The quantitative estimate of drug-likeness (QED) is 0.734. The number of anilines is 1. The molecule has 1 aliphatic heterocycles. The summed E-state index contributed by atoms with van der Waals surface area (Å²) in [5, 5.41) is 0.458. The lowest BCUT2D eigenvalue weighted by Crippen LogP contribution is -2.50. The van der Waals surface area contributed by atoms with Gasteiger partial charge in [-0.25, -0.2) is 4.39 Å². The molecule has 0 saturated carbocycles. The highest BCUT2D eigenvalue weighted by Crippen LogP contribution is 2.24. The van der Waals surface area contributed by atoms with Crippen LogP contribution in [-0.4, -0.2) is 49.4 Å². The molecule has 1 aliphatic rings. The topological polar surface area (TPSA) is 49.9 Å². The fourth-order valence-corrected chi connectivity index (χ4v) is 3.16. The minimum atomic E-state index is -0.426. The number of hydrogen-bond acceptors (Lipinski definition) is 4. The smallest absolute Gasteiger partial charge is 0.260 e. The van der Waals surface area contributed by atoms with Crippen molar-refractivity contribution < 1.29 is 18.7 Å². The first kappa shape index (κ1) is 19.2. The summed E-state index contributed by atoms with van der Waals surface area (Å²) in [5.74, 6) is -0.264. The van der Waals surface area contributed by atoms with Crippen molar-refractivity contribution in [3.05, 3.63) is 58.9 Å². The number of ketones is 1. The van der Waals surface area contributed by atoms with Crippen molar-refractivity contribution in [1.29, 1.82) is 0 Å². The molecule has 0 radical (unpaired) electrons. The van der Waals surface area contributed by atoms with Crippen LogP contribution in [-0.2, 0) is 4.79 Å². The molecule has 0 unspecified atom stereocenters. The molecule has 1 heterocycles. The van der Waals surface area contributed by atoms with Gasteiger partial charge in [-0.1, -0.05) is 23.7 Å². The Morgan fingerprint density at radius 3 is 2.44 bits per heavy atom. The van der Waals surface area contributed by atoms with E-state index in [1.165, 1.54) is 13.0 Å². The van der Waals surface area contributed by atoms with Crippen LogP contribution >= 0.6 is 11.6 Å². The van der Waals surface area contributed by atoms with E-state index in [1.54, 1.807) is 41.3 Å². The van der Waals surface area contributed by atoms with Crippen molar-refractivity contribution in [2.45, 2.75) is 6.92 Å². The highest BCUT2D eigenvalue weighted by Gasteiger charge is 2.23. The summed E-state index contributed by atoms with van der Waals surface area (Å²) in [6.07, 6.45) is 0. The molecule has 1 fully saturated rings. The van der Waals surface area contributed by atoms with Gasteiger partial charge in [0.05, 0.1) is 10.7 Å². The minimum Gasteiger partial charge on any atom is -0.482 e. The van der Waals surface area contributed by atoms with Gasteiger partial charge in [0.15, 0.2) is 12.4 Å². The second kappa shape index (κ2) is 8.39. The molecule has 0 N–H and O–H groups in total. The molecule has 142 valence electrons. The first-order valence-electron chi connectivity index (χ1n) is 8.66. The Kier molecular flexibility index (Phi) is 5.96. The maximum atomic E-state index is 14.3. The van der Waals surface area contributed by atoms with E-state index < -0.39 is 5.82 Å². The minimum absolute atomic E-state index is 0.0919. The number of nitrogens with zero attached hydrogens (tertiary/aromatic N) is 2. The number of piperazine rings is 1. The molecule has 0 spiro atoms. The maximum Gasteiger partial charge on any atom is 0.260 e. The van der Waals surface area contributed by atoms with E-state index in [-0.39, 0.29) is 18.3 Å². The van der Waals surface area contributed by atoms with Crippen LogP contribution in [0.5, 0.6) is 5.75 Å². The van der Waals surface area contributed by atoms with E-state index in [0.717, 1.165) is 0 Å². The standard InChI is InChI=1S/C20H20ClFN2O3/c1-14(25)15-6-7-18(17(22)12-15)23-8-10-24(11-9-23)20(26)13-27-19-5-3-2-4-16(19)21/h2-7,12H,8-11,13H2,1H3. The van der Waals surface area contributed by atoms with Crippen LogP contribution < -0.4 is 9.64 Å². The Hall–Kier alpha value is -2.60. The second-order valence-corrected chi connectivity index (χ2v) is 6.72. The van der Waals surface area contributed by atoms with Crippen LogP contribution in [0.2, 0.25) is 5.02 Å². The molecule has 0 atom stereocenters. The molecule has 1 amide bonds. The van der Waals surface area contributed by atoms with Gasteiger partial charge in [0.2, 0.25) is 0 Å². The molecule has 2 aromatic rings. The highest BCUT2D eigenvalue weighted by molar-refractivity contribution is 6.32. The van der Waals surface area contributed by atoms with Crippen LogP contribution in [0.1, 0.15) is 17.3 Å². The molecule has 5 nitrogen and oxygen atoms in total. The number of ether oxygens (including phenoxy) is 1. The van der Waals surface area contributed by atoms with E-state index >= 15 is 0 Å². The van der Waals surface area contributed by atoms with Gasteiger partial charge in [0, 0.05) is 31.7 Å². The SMILES string of the molecule is CC(=O)c1ccc(N2CCN(C(=O)COc3ccccc3Cl)CC2)c(F)c1. The predicted molar refractivity (Wildman–Crippen MR) is 102 cm³/mol. The van der Waals surface area contributed by atoms with E-state index in [4.69, 9.17) is 16.3 Å². The van der Waals surface area contributed by atoms with Gasteiger partial charge < -0.3 is 14.5 Å². The Morgan fingerprint density at radius 1 is 1.11 bits per heavy atom. The van der Waals surface area contributed by atoms with Crippen molar-refractivity contribution in [3.63, 3.8) is 0 Å². The van der Waals surface area contributed by atoms with Crippen LogP contribution in [0.25, 0.3) is 0 Å². The van der Waals surface area contributed by atoms with Crippen molar-refractivity contribution >= 4 is 29.0 Å². The molecular formula is C20H20ClFN2O3. The summed E-state index contributed by atoms with van der Waals surface area (Å²) in [6, 6.07) is 11.5. The average Bonchev–Trinajstić information content (AvgIpc) is 2.67. The van der Waals surface area contributed by atoms with Crippen molar-refractivity contribution in [2.75, 3.05) is 37.7 Å². The van der Waals surface area contributed by atoms with Crippen molar-refractivity contribution in [2.24, 2.45) is 0 Å². The molecule has 7 heteroatoms. The normalized spacial score (nSPS) is 14.2. The number of halogens is 2. The number of carbonyl (C=O) groups excluding carboxylic acids is 2. The van der Waals surface area contributed by atoms with E-state index in [2.05, 4.69) is 0 Å². The molecule has 3 rings (SSSR count). The van der Waals surface area contributed by atoms with E-state index in [9.17, 15) is 14.0 Å². The summed E-state index contributed by atoms with van der Waals surface area (Å²) >= 11 is 6.01. The molecule has 2 aromatic carbocycles. The van der Waals surface area contributed by atoms with Crippen LogP contribution in [0.3, 0.4) is 0 Å². The highest BCUT2D eigenvalue weighted by atomic mass is 35.5. The second-order valence-electron chi connectivity index (χ2n) is 6.31. The number of hydrogen-bond donors (Lipinski definition) is 0. The van der Waals surface area contributed by atoms with Crippen LogP contribution in [0.15, 0.2) is 42.5 Å². The predicted octanol–water partition coefficient (Wildman–Crippen LogP) is 3.41. The van der Waals surface area contributed by atoms with Gasteiger partial charge >= 0.3 is 0 Å². The summed E-state index contributed by atoms with van der Waals surface area (Å²) in [4.78, 5) is 27.2. The number of para-hydroxylation sites is 1. The summed E-state index contributed by atoms with van der Waals surface area (Å²) < 4.78 is 19.8. The Labute approximate surface area is 162 Å². The Morgan fingerprint density at radius 2 is 1.81 bits per heavy atom. The van der Waals surface area contributed by atoms with E-state index in [0.29, 0.717) is 48.2 Å². The lowest BCUT2D eigenvalue weighted by atomic mass is 10.1. The van der Waals surface area contributed by atoms with Crippen LogP contribution in [0, 0.1) is 5.82 Å². The lowest BCUT2D eigenvalue weighted by Gasteiger charge is -2.36. The zero-order valence-corrected chi connectivity index (χ0v) is 15.7. The van der Waals surface area contributed by atoms with Crippen molar-refractivity contribution in [1.82, 2.24) is 4.90 Å². The van der Waals surface area contributed by atoms with Gasteiger partial charge in [-0.05, 0) is 37.3 Å². The fourth-order valence-electron chi connectivity index (χ4n) is 2.97. The zero-order valence-electron chi connectivity index (χ0n) is 15.0. The van der Waals surface area contributed by atoms with Gasteiger partial charge in [-0.15, -0.1) is 0 Å². The third kappa shape index (κ3) is 4.57. The molecule has 27 heavy (non-hydrogen) atoms. The van der Waals surface area contributed by atoms with Gasteiger partial charge in [-0.3, -0.25) is 9.59 Å². The monoisotopic (exact) mass is 390 g/mol. The molecule has 1 saturated heterocycles. The average molecular weight is 391 g/mol.